The van der Waals surface area contributed by atoms with Gasteiger partial charge in [0.15, 0.2) is 0 Å². The zero-order valence-corrected chi connectivity index (χ0v) is 15.2. The van der Waals surface area contributed by atoms with Crippen molar-refractivity contribution in [3.63, 3.8) is 0 Å². The number of benzene rings is 3. The molecule has 0 saturated carbocycles. The molecule has 0 bridgehead atoms. The molecule has 3 aromatic rings. The summed E-state index contributed by atoms with van der Waals surface area (Å²) in [6, 6.07) is 20.7. The van der Waals surface area contributed by atoms with E-state index in [-0.39, 0.29) is 10.4 Å². The first-order valence-corrected chi connectivity index (χ1v) is 9.46. The van der Waals surface area contributed by atoms with E-state index in [1.807, 2.05) is 54.6 Å². The molecule has 3 nitrogen and oxygen atoms in total. The third kappa shape index (κ3) is 4.24. The molecule has 25 heavy (non-hydrogen) atoms. The highest BCUT2D eigenvalue weighted by molar-refractivity contribution is 8.14. The highest BCUT2D eigenvalue weighted by Crippen LogP contribution is 2.37. The standard InChI is InChI=1S/C20H16O3S2/c1-2-23-20(22)25-17-13-7-11-14-10-6-12-16(18(14)17)24-19(21)15-8-4-3-5-9-15/h3-13H,2H2,1H3. The van der Waals surface area contributed by atoms with Crippen molar-refractivity contribution in [1.29, 1.82) is 0 Å². The third-order valence-corrected chi connectivity index (χ3v) is 5.32. The van der Waals surface area contributed by atoms with Gasteiger partial charge in [-0.05, 0) is 48.0 Å². The quantitative estimate of drug-likeness (QED) is 0.416. The summed E-state index contributed by atoms with van der Waals surface area (Å²) < 4.78 is 5.04. The molecule has 0 aliphatic rings. The molecule has 0 amide bonds. The Bertz CT molecular complexity index is 902. The molecule has 3 aromatic carbocycles. The van der Waals surface area contributed by atoms with Gasteiger partial charge in [0.1, 0.15) is 0 Å². The first-order chi connectivity index (χ1) is 12.2. The lowest BCUT2D eigenvalue weighted by molar-refractivity contribution is 0.108. The molecular formula is C20H16O3S2. The van der Waals surface area contributed by atoms with Gasteiger partial charge in [-0.25, -0.2) is 4.79 Å². The van der Waals surface area contributed by atoms with Crippen molar-refractivity contribution in [3.05, 3.63) is 72.3 Å². The molecule has 0 heterocycles. The predicted molar refractivity (Wildman–Crippen MR) is 103 cm³/mol. The SMILES string of the molecule is CCOC(=O)Sc1cccc2cccc(SC(=O)c3ccccc3)c12. The Balaban J connectivity index is 1.97. The van der Waals surface area contributed by atoms with Crippen LogP contribution in [-0.2, 0) is 4.74 Å². The maximum absolute atomic E-state index is 12.6. The lowest BCUT2D eigenvalue weighted by Crippen LogP contribution is -1.97. The van der Waals surface area contributed by atoms with Crippen LogP contribution in [0.1, 0.15) is 17.3 Å². The van der Waals surface area contributed by atoms with Crippen LogP contribution in [0.25, 0.3) is 10.8 Å². The van der Waals surface area contributed by atoms with Gasteiger partial charge in [-0.3, -0.25) is 4.79 Å². The predicted octanol–water partition coefficient (Wildman–Crippen LogP) is 6.02. The number of hydrogen-bond donors (Lipinski definition) is 0. The van der Waals surface area contributed by atoms with Crippen molar-refractivity contribution in [3.8, 4) is 0 Å². The summed E-state index contributed by atoms with van der Waals surface area (Å²) in [4.78, 5) is 26.1. The van der Waals surface area contributed by atoms with E-state index in [9.17, 15) is 9.59 Å². The van der Waals surface area contributed by atoms with Crippen LogP contribution in [0.3, 0.4) is 0 Å². The van der Waals surface area contributed by atoms with Gasteiger partial charge in [0.05, 0.1) is 6.61 Å². The van der Waals surface area contributed by atoms with Crippen molar-refractivity contribution in [2.24, 2.45) is 0 Å². The summed E-state index contributed by atoms with van der Waals surface area (Å²) in [6.07, 6.45) is 0. The minimum atomic E-state index is -0.343. The average Bonchev–Trinajstić information content (AvgIpc) is 2.63. The first kappa shape index (κ1) is 17.6. The largest absolute Gasteiger partial charge is 0.458 e. The Morgan fingerprint density at radius 1 is 0.840 bits per heavy atom. The smallest absolute Gasteiger partial charge is 0.372 e. The average molecular weight is 368 g/mol. The molecule has 5 heteroatoms. The highest BCUT2D eigenvalue weighted by atomic mass is 32.2. The molecular weight excluding hydrogens is 352 g/mol. The third-order valence-electron chi connectivity index (χ3n) is 3.50. The number of hydrogen-bond acceptors (Lipinski definition) is 5. The van der Waals surface area contributed by atoms with Crippen LogP contribution >= 0.6 is 23.5 Å². The van der Waals surface area contributed by atoms with E-state index in [2.05, 4.69) is 0 Å². The minimum absolute atomic E-state index is 0.0240. The maximum Gasteiger partial charge on any atom is 0.372 e. The second kappa shape index (κ2) is 8.23. The van der Waals surface area contributed by atoms with E-state index in [1.165, 1.54) is 11.8 Å². The van der Waals surface area contributed by atoms with Crippen molar-refractivity contribution in [2.45, 2.75) is 16.7 Å². The van der Waals surface area contributed by atoms with Gasteiger partial charge >= 0.3 is 5.30 Å². The molecule has 0 unspecified atom stereocenters. The Kier molecular flexibility index (Phi) is 5.79. The molecule has 0 radical (unpaired) electrons. The van der Waals surface area contributed by atoms with Crippen LogP contribution in [0, 0.1) is 0 Å². The van der Waals surface area contributed by atoms with E-state index in [4.69, 9.17) is 4.74 Å². The molecule has 0 aliphatic heterocycles. The lowest BCUT2D eigenvalue weighted by atomic mass is 10.1. The fraction of sp³-hybridized carbons (Fsp3) is 0.100. The summed E-state index contributed by atoms with van der Waals surface area (Å²) in [5.41, 5.74) is 0.653. The van der Waals surface area contributed by atoms with E-state index in [1.54, 1.807) is 19.1 Å². The first-order valence-electron chi connectivity index (χ1n) is 7.82. The molecule has 0 N–H and O–H groups in total. The minimum Gasteiger partial charge on any atom is -0.458 e. The van der Waals surface area contributed by atoms with Crippen molar-refractivity contribution in [1.82, 2.24) is 0 Å². The molecule has 0 aromatic heterocycles. The van der Waals surface area contributed by atoms with Gasteiger partial charge in [-0.1, -0.05) is 54.6 Å². The van der Waals surface area contributed by atoms with Crippen molar-refractivity contribution in [2.75, 3.05) is 6.61 Å². The van der Waals surface area contributed by atoms with Crippen LogP contribution in [0.4, 0.5) is 4.79 Å². The fourth-order valence-electron chi connectivity index (χ4n) is 2.41. The number of fused-ring (bicyclic) bond motifs is 1. The Morgan fingerprint density at radius 3 is 2.12 bits per heavy atom. The number of rotatable bonds is 4. The lowest BCUT2D eigenvalue weighted by Gasteiger charge is -2.10. The summed E-state index contributed by atoms with van der Waals surface area (Å²) in [5, 5.41) is 1.52. The molecule has 0 aliphatic carbocycles. The number of thioether (sulfide) groups is 2. The second-order valence-corrected chi connectivity index (χ2v) is 7.14. The van der Waals surface area contributed by atoms with Gasteiger partial charge in [-0.2, -0.15) is 0 Å². The van der Waals surface area contributed by atoms with E-state index < -0.39 is 0 Å². The van der Waals surface area contributed by atoms with E-state index >= 15 is 0 Å². The molecule has 0 saturated heterocycles. The van der Waals surface area contributed by atoms with Gasteiger partial charge < -0.3 is 4.74 Å². The summed E-state index contributed by atoms with van der Waals surface area (Å²) >= 11 is 2.23. The fourth-order valence-corrected chi connectivity index (χ4v) is 4.24. The Labute approximate surface area is 154 Å². The van der Waals surface area contributed by atoms with E-state index in [0.29, 0.717) is 12.2 Å². The van der Waals surface area contributed by atoms with Crippen LogP contribution in [0.5, 0.6) is 0 Å². The molecule has 0 spiro atoms. The van der Waals surface area contributed by atoms with Gasteiger partial charge in [0, 0.05) is 20.7 Å². The van der Waals surface area contributed by atoms with Crippen LogP contribution in [0.15, 0.2) is 76.5 Å². The summed E-state index contributed by atoms with van der Waals surface area (Å²) in [7, 11) is 0. The number of ether oxygens (including phenoxy) is 1. The number of carbonyl (C=O) groups excluding carboxylic acids is 2. The van der Waals surface area contributed by atoms with E-state index in [0.717, 1.165) is 32.3 Å². The molecule has 126 valence electrons. The summed E-state index contributed by atoms with van der Waals surface area (Å²) in [5.74, 6) is 0. The second-order valence-electron chi connectivity index (χ2n) is 5.15. The normalized spacial score (nSPS) is 10.6. The van der Waals surface area contributed by atoms with Gasteiger partial charge in [0.2, 0.25) is 5.12 Å². The molecule has 3 rings (SSSR count). The van der Waals surface area contributed by atoms with Gasteiger partial charge in [0.25, 0.3) is 0 Å². The topological polar surface area (TPSA) is 43.4 Å². The highest BCUT2D eigenvalue weighted by Gasteiger charge is 2.15. The van der Waals surface area contributed by atoms with Crippen molar-refractivity contribution >= 4 is 44.7 Å². The molecule has 0 fully saturated rings. The maximum atomic E-state index is 12.6. The van der Waals surface area contributed by atoms with Crippen LogP contribution in [-0.4, -0.2) is 17.0 Å². The van der Waals surface area contributed by atoms with Crippen LogP contribution < -0.4 is 0 Å². The summed E-state index contributed by atoms with van der Waals surface area (Å²) in [6.45, 7) is 2.12. The monoisotopic (exact) mass is 368 g/mol. The zero-order chi connectivity index (χ0) is 17.6. The van der Waals surface area contributed by atoms with Crippen molar-refractivity contribution < 1.29 is 14.3 Å². The Hall–Kier alpha value is -2.24. The van der Waals surface area contributed by atoms with Gasteiger partial charge in [-0.15, -0.1) is 0 Å². The molecule has 0 atom stereocenters. The zero-order valence-electron chi connectivity index (χ0n) is 13.6. The Morgan fingerprint density at radius 2 is 1.48 bits per heavy atom. The number of carbonyl (C=O) groups is 2. The van der Waals surface area contributed by atoms with Crippen LogP contribution in [0.2, 0.25) is 0 Å².